The van der Waals surface area contributed by atoms with Crippen LogP contribution in [0.3, 0.4) is 0 Å². The SMILES string of the molecule is CC(C)(C)c1ccc(OCC(=O)Nc2n[nH]c3ccc(OC4CCN(c5ccccc5)C4=O)cc23)cc1. The zero-order chi connectivity index (χ0) is 26.0. The third-order valence-corrected chi connectivity index (χ3v) is 6.38. The fourth-order valence-corrected chi connectivity index (χ4v) is 4.32. The van der Waals surface area contributed by atoms with E-state index in [0.717, 1.165) is 11.2 Å². The molecule has 2 heterocycles. The van der Waals surface area contributed by atoms with E-state index in [4.69, 9.17) is 9.47 Å². The van der Waals surface area contributed by atoms with E-state index < -0.39 is 6.10 Å². The van der Waals surface area contributed by atoms with E-state index in [1.807, 2.05) is 60.7 Å². The van der Waals surface area contributed by atoms with Gasteiger partial charge in [-0.2, -0.15) is 5.10 Å². The molecule has 3 aromatic carbocycles. The van der Waals surface area contributed by atoms with Gasteiger partial charge >= 0.3 is 0 Å². The number of amides is 2. The van der Waals surface area contributed by atoms with Crippen molar-refractivity contribution < 1.29 is 19.1 Å². The Bertz CT molecular complexity index is 1410. The molecule has 8 nitrogen and oxygen atoms in total. The largest absolute Gasteiger partial charge is 0.484 e. The zero-order valence-electron chi connectivity index (χ0n) is 21.2. The van der Waals surface area contributed by atoms with E-state index in [2.05, 4.69) is 36.3 Å². The molecule has 0 bridgehead atoms. The number of benzene rings is 3. The highest BCUT2D eigenvalue weighted by molar-refractivity contribution is 6.01. The molecule has 0 aliphatic carbocycles. The van der Waals surface area contributed by atoms with Gasteiger partial charge in [0.2, 0.25) is 0 Å². The van der Waals surface area contributed by atoms with Gasteiger partial charge < -0.3 is 19.7 Å². The minimum atomic E-state index is -0.569. The summed E-state index contributed by atoms with van der Waals surface area (Å²) in [5.74, 6) is 1.13. The minimum Gasteiger partial charge on any atom is -0.484 e. The van der Waals surface area contributed by atoms with E-state index in [1.165, 1.54) is 5.56 Å². The number of hydrogen-bond donors (Lipinski definition) is 2. The summed E-state index contributed by atoms with van der Waals surface area (Å²) in [5.41, 5.74) is 2.84. The number of rotatable bonds is 7. The lowest BCUT2D eigenvalue weighted by molar-refractivity contribution is -0.123. The van der Waals surface area contributed by atoms with Gasteiger partial charge in [0.15, 0.2) is 18.5 Å². The molecule has 1 fully saturated rings. The molecular formula is C29H30N4O4. The average molecular weight is 499 g/mol. The molecule has 1 saturated heterocycles. The number of fused-ring (bicyclic) bond motifs is 1. The second-order valence-electron chi connectivity index (χ2n) is 10.1. The average Bonchev–Trinajstić information content (AvgIpc) is 3.46. The number of carbonyl (C=O) groups excluding carboxylic acids is 2. The molecule has 2 amide bonds. The van der Waals surface area contributed by atoms with E-state index in [9.17, 15) is 9.59 Å². The fraction of sp³-hybridized carbons (Fsp3) is 0.276. The van der Waals surface area contributed by atoms with Crippen LogP contribution in [0.15, 0.2) is 72.8 Å². The maximum atomic E-state index is 12.9. The first kappa shape index (κ1) is 24.4. The molecule has 190 valence electrons. The number of anilines is 2. The number of para-hydroxylation sites is 1. The number of nitrogens with one attached hydrogen (secondary N) is 2. The van der Waals surface area contributed by atoms with Gasteiger partial charge in [-0.3, -0.25) is 14.7 Å². The van der Waals surface area contributed by atoms with E-state index in [1.54, 1.807) is 17.0 Å². The van der Waals surface area contributed by atoms with Crippen LogP contribution in [0, 0.1) is 0 Å². The Morgan fingerprint density at radius 1 is 1.05 bits per heavy atom. The van der Waals surface area contributed by atoms with Crippen LogP contribution in [0.5, 0.6) is 11.5 Å². The summed E-state index contributed by atoms with van der Waals surface area (Å²) in [6.07, 6.45) is 0.0233. The Kier molecular flexibility index (Phi) is 6.56. The Hall–Kier alpha value is -4.33. The van der Waals surface area contributed by atoms with Crippen molar-refractivity contribution >= 4 is 34.2 Å². The first-order valence-corrected chi connectivity index (χ1v) is 12.3. The van der Waals surface area contributed by atoms with Gasteiger partial charge in [0.25, 0.3) is 11.8 Å². The Labute approximate surface area is 215 Å². The van der Waals surface area contributed by atoms with Crippen molar-refractivity contribution in [3.8, 4) is 11.5 Å². The lowest BCUT2D eigenvalue weighted by Crippen LogP contribution is -2.32. The summed E-state index contributed by atoms with van der Waals surface area (Å²) in [6, 6.07) is 22.7. The molecule has 0 radical (unpaired) electrons. The fourth-order valence-electron chi connectivity index (χ4n) is 4.32. The van der Waals surface area contributed by atoms with E-state index in [-0.39, 0.29) is 23.8 Å². The van der Waals surface area contributed by atoms with Crippen molar-refractivity contribution in [2.45, 2.75) is 38.7 Å². The smallest absolute Gasteiger partial charge is 0.268 e. The first-order chi connectivity index (χ1) is 17.8. The predicted molar refractivity (Wildman–Crippen MR) is 143 cm³/mol. The minimum absolute atomic E-state index is 0.0474. The van der Waals surface area contributed by atoms with Crippen LogP contribution in [0.2, 0.25) is 0 Å². The second kappa shape index (κ2) is 9.97. The molecule has 0 spiro atoms. The van der Waals surface area contributed by atoms with Crippen LogP contribution in [0.1, 0.15) is 32.8 Å². The quantitative estimate of drug-likeness (QED) is 0.371. The summed E-state index contributed by atoms with van der Waals surface area (Å²) in [5, 5.41) is 10.6. The maximum Gasteiger partial charge on any atom is 0.268 e. The highest BCUT2D eigenvalue weighted by Gasteiger charge is 2.34. The first-order valence-electron chi connectivity index (χ1n) is 12.3. The van der Waals surface area contributed by atoms with Crippen molar-refractivity contribution in [2.24, 2.45) is 0 Å². The van der Waals surface area contributed by atoms with Crippen LogP contribution in [0.25, 0.3) is 10.9 Å². The number of aromatic amines is 1. The van der Waals surface area contributed by atoms with Gasteiger partial charge in [-0.05, 0) is 53.4 Å². The van der Waals surface area contributed by atoms with Gasteiger partial charge in [-0.25, -0.2) is 0 Å². The predicted octanol–water partition coefficient (Wildman–Crippen LogP) is 5.06. The van der Waals surface area contributed by atoms with Gasteiger partial charge in [0.05, 0.1) is 5.52 Å². The number of carbonyl (C=O) groups is 2. The van der Waals surface area contributed by atoms with Crippen LogP contribution in [-0.2, 0) is 15.0 Å². The third-order valence-electron chi connectivity index (χ3n) is 6.38. The highest BCUT2D eigenvalue weighted by Crippen LogP contribution is 2.29. The highest BCUT2D eigenvalue weighted by atomic mass is 16.5. The normalized spacial score (nSPS) is 15.7. The summed E-state index contributed by atoms with van der Waals surface area (Å²) in [7, 11) is 0. The Morgan fingerprint density at radius 3 is 2.51 bits per heavy atom. The Morgan fingerprint density at radius 2 is 1.78 bits per heavy atom. The number of ether oxygens (including phenoxy) is 2. The van der Waals surface area contributed by atoms with Crippen LogP contribution in [-0.4, -0.2) is 41.3 Å². The third kappa shape index (κ3) is 5.43. The van der Waals surface area contributed by atoms with Crippen LogP contribution in [0.4, 0.5) is 11.5 Å². The molecule has 0 saturated carbocycles. The lowest BCUT2D eigenvalue weighted by Gasteiger charge is -2.19. The number of aromatic nitrogens is 2. The molecule has 4 aromatic rings. The molecule has 37 heavy (non-hydrogen) atoms. The van der Waals surface area contributed by atoms with Gasteiger partial charge in [0, 0.05) is 24.0 Å². The summed E-state index contributed by atoms with van der Waals surface area (Å²) in [4.78, 5) is 27.2. The van der Waals surface area contributed by atoms with Gasteiger partial charge in [0.1, 0.15) is 11.5 Å². The topological polar surface area (TPSA) is 96.5 Å². The van der Waals surface area contributed by atoms with Crippen molar-refractivity contribution in [2.75, 3.05) is 23.4 Å². The molecule has 1 unspecified atom stereocenters. The molecule has 5 rings (SSSR count). The maximum absolute atomic E-state index is 12.9. The molecule has 1 aliphatic heterocycles. The number of H-pyrrole nitrogens is 1. The second-order valence-corrected chi connectivity index (χ2v) is 10.1. The van der Waals surface area contributed by atoms with E-state index >= 15 is 0 Å². The summed E-state index contributed by atoms with van der Waals surface area (Å²) in [6.45, 7) is 6.89. The van der Waals surface area contributed by atoms with Crippen molar-refractivity contribution in [1.82, 2.24) is 10.2 Å². The van der Waals surface area contributed by atoms with Gasteiger partial charge in [-0.15, -0.1) is 0 Å². The number of hydrogen-bond acceptors (Lipinski definition) is 5. The van der Waals surface area contributed by atoms with Crippen molar-refractivity contribution in [3.05, 3.63) is 78.4 Å². The van der Waals surface area contributed by atoms with Crippen molar-refractivity contribution in [1.29, 1.82) is 0 Å². The number of nitrogens with zero attached hydrogens (tertiary/aromatic N) is 2. The van der Waals surface area contributed by atoms with Crippen LogP contribution >= 0.6 is 0 Å². The molecule has 1 atom stereocenters. The standard InChI is InChI=1S/C29H30N4O4/c1-29(2,3)19-9-11-21(12-10-19)36-18-26(34)30-27-23-17-22(13-14-24(23)31-32-27)37-25-15-16-33(28(25)35)20-7-5-4-6-8-20/h4-14,17,25H,15-16,18H2,1-3H3,(H2,30,31,32,34). The zero-order valence-corrected chi connectivity index (χ0v) is 21.2. The van der Waals surface area contributed by atoms with Crippen LogP contribution < -0.4 is 19.7 Å². The summed E-state index contributed by atoms with van der Waals surface area (Å²) >= 11 is 0. The molecule has 1 aliphatic rings. The monoisotopic (exact) mass is 498 g/mol. The molecule has 1 aromatic heterocycles. The lowest BCUT2D eigenvalue weighted by atomic mass is 9.87. The molecule has 2 N–H and O–H groups in total. The van der Waals surface area contributed by atoms with Gasteiger partial charge in [-0.1, -0.05) is 51.1 Å². The van der Waals surface area contributed by atoms with Crippen molar-refractivity contribution in [3.63, 3.8) is 0 Å². The van der Waals surface area contributed by atoms with E-state index in [0.29, 0.717) is 35.7 Å². The molecule has 8 heteroatoms. The summed E-state index contributed by atoms with van der Waals surface area (Å²) < 4.78 is 11.7. The Balaban J connectivity index is 1.21. The molecular weight excluding hydrogens is 468 g/mol.